The molecule has 0 bridgehead atoms. The van der Waals surface area contributed by atoms with Crippen molar-refractivity contribution < 1.29 is 9.53 Å². The summed E-state index contributed by atoms with van der Waals surface area (Å²) in [5.41, 5.74) is 0.902. The van der Waals surface area contributed by atoms with E-state index in [1.54, 1.807) is 23.7 Å². The molecule has 6 heteroatoms. The van der Waals surface area contributed by atoms with Crippen LogP contribution in [0.1, 0.15) is 41.6 Å². The van der Waals surface area contributed by atoms with Gasteiger partial charge in [0.2, 0.25) is 5.91 Å². The summed E-state index contributed by atoms with van der Waals surface area (Å²) in [4.78, 5) is 21.6. The zero-order chi connectivity index (χ0) is 15.2. The quantitative estimate of drug-likeness (QED) is 0.921. The molecule has 2 aromatic rings. The monoisotopic (exact) mass is 317 g/mol. The maximum absolute atomic E-state index is 11.8. The van der Waals surface area contributed by atoms with Gasteiger partial charge < -0.3 is 10.1 Å². The first-order valence-electron chi connectivity index (χ1n) is 7.53. The second-order valence-electron chi connectivity index (χ2n) is 5.34. The third-order valence-electron chi connectivity index (χ3n) is 3.60. The Hall–Kier alpha value is -1.79. The first kappa shape index (κ1) is 15.1. The molecule has 5 nitrogen and oxygen atoms in total. The summed E-state index contributed by atoms with van der Waals surface area (Å²) in [5, 5.41) is 4.87. The molecule has 0 aliphatic carbocycles. The lowest BCUT2D eigenvalue weighted by atomic mass is 10.1. The van der Waals surface area contributed by atoms with Crippen molar-refractivity contribution in [3.8, 4) is 0 Å². The number of rotatable bonds is 5. The summed E-state index contributed by atoms with van der Waals surface area (Å²) in [6.45, 7) is 1.24. The van der Waals surface area contributed by atoms with Crippen LogP contribution in [0.25, 0.3) is 0 Å². The number of carbonyl (C=O) groups is 1. The molecule has 22 heavy (non-hydrogen) atoms. The van der Waals surface area contributed by atoms with Gasteiger partial charge in [0.1, 0.15) is 6.10 Å². The van der Waals surface area contributed by atoms with E-state index in [1.165, 1.54) is 0 Å². The lowest BCUT2D eigenvalue weighted by Gasteiger charge is -2.21. The third kappa shape index (κ3) is 4.11. The Morgan fingerprint density at radius 1 is 1.36 bits per heavy atom. The Kier molecular flexibility index (Phi) is 5.13. The van der Waals surface area contributed by atoms with Gasteiger partial charge in [-0.25, -0.2) is 9.97 Å². The Morgan fingerprint density at radius 2 is 2.23 bits per heavy atom. The highest BCUT2D eigenvalue weighted by Gasteiger charge is 2.18. The number of aromatic nitrogens is 2. The number of ether oxygens (including phenoxy) is 1. The van der Waals surface area contributed by atoms with Crippen LogP contribution in [0.15, 0.2) is 29.9 Å². The minimum Gasteiger partial charge on any atom is -0.370 e. The molecule has 1 aliphatic heterocycles. The zero-order valence-corrected chi connectivity index (χ0v) is 13.1. The maximum Gasteiger partial charge on any atom is 0.225 e. The number of nitrogens with one attached hydrogen (secondary N) is 1. The molecule has 3 heterocycles. The largest absolute Gasteiger partial charge is 0.370 e. The van der Waals surface area contributed by atoms with Crippen LogP contribution in [-0.4, -0.2) is 22.5 Å². The summed E-state index contributed by atoms with van der Waals surface area (Å²) in [6, 6.07) is 3.92. The van der Waals surface area contributed by atoms with Crippen LogP contribution in [0, 0.1) is 0 Å². The van der Waals surface area contributed by atoms with Crippen molar-refractivity contribution in [2.75, 3.05) is 6.61 Å². The van der Waals surface area contributed by atoms with Gasteiger partial charge in [0, 0.05) is 36.0 Å². The van der Waals surface area contributed by atoms with Crippen molar-refractivity contribution >= 4 is 17.2 Å². The summed E-state index contributed by atoms with van der Waals surface area (Å²) >= 11 is 1.59. The van der Waals surface area contributed by atoms with E-state index in [1.807, 2.05) is 17.5 Å². The van der Waals surface area contributed by atoms with Crippen LogP contribution in [-0.2, 0) is 22.5 Å². The molecule has 0 unspecified atom stereocenters. The molecule has 0 spiro atoms. The van der Waals surface area contributed by atoms with Gasteiger partial charge in [0.15, 0.2) is 5.82 Å². The summed E-state index contributed by atoms with van der Waals surface area (Å²) in [5.74, 6) is 0.760. The molecule has 3 rings (SSSR count). The van der Waals surface area contributed by atoms with E-state index in [9.17, 15) is 4.79 Å². The van der Waals surface area contributed by atoms with Gasteiger partial charge in [-0.2, -0.15) is 0 Å². The molecule has 0 saturated carbocycles. The standard InChI is InChI=1S/C16H19N3O2S/c20-15(8-13-4-3-7-22-13)17-9-12-10-18-16(19-11-12)14-5-1-2-6-21-14/h3-4,7,10-11,14H,1-2,5-6,8-9H2,(H,17,20)/t14-/m1/s1. The molecule has 1 aliphatic rings. The SMILES string of the molecule is O=C(Cc1cccs1)NCc1cnc([C@H]2CCCCO2)nc1. The minimum atomic E-state index is 0.0159. The highest BCUT2D eigenvalue weighted by atomic mass is 32.1. The van der Waals surface area contributed by atoms with E-state index in [0.717, 1.165) is 42.1 Å². The molecule has 2 aromatic heterocycles. The molecule has 0 radical (unpaired) electrons. The fourth-order valence-corrected chi connectivity index (χ4v) is 3.10. The smallest absolute Gasteiger partial charge is 0.225 e. The zero-order valence-electron chi connectivity index (χ0n) is 12.3. The van der Waals surface area contributed by atoms with E-state index in [2.05, 4.69) is 15.3 Å². The van der Waals surface area contributed by atoms with Crippen molar-refractivity contribution in [3.05, 3.63) is 46.2 Å². The number of hydrogen-bond acceptors (Lipinski definition) is 5. The highest BCUT2D eigenvalue weighted by Crippen LogP contribution is 2.24. The van der Waals surface area contributed by atoms with Gasteiger partial charge >= 0.3 is 0 Å². The molecule has 1 N–H and O–H groups in total. The number of nitrogens with zero attached hydrogens (tertiary/aromatic N) is 2. The average Bonchev–Trinajstić information content (AvgIpc) is 3.07. The van der Waals surface area contributed by atoms with Crippen LogP contribution in [0.2, 0.25) is 0 Å². The van der Waals surface area contributed by atoms with Crippen molar-refractivity contribution in [1.82, 2.24) is 15.3 Å². The Balaban J connectivity index is 1.49. The summed E-state index contributed by atoms with van der Waals surface area (Å²) in [7, 11) is 0. The highest BCUT2D eigenvalue weighted by molar-refractivity contribution is 7.10. The van der Waals surface area contributed by atoms with Crippen LogP contribution in [0.5, 0.6) is 0 Å². The van der Waals surface area contributed by atoms with Gasteiger partial charge in [-0.15, -0.1) is 11.3 Å². The van der Waals surface area contributed by atoms with Gasteiger partial charge in [-0.1, -0.05) is 6.07 Å². The number of amides is 1. The first-order chi connectivity index (χ1) is 10.8. The molecule has 0 aromatic carbocycles. The average molecular weight is 317 g/mol. The van der Waals surface area contributed by atoms with Gasteiger partial charge in [-0.3, -0.25) is 4.79 Å². The van der Waals surface area contributed by atoms with Gasteiger partial charge in [0.05, 0.1) is 6.42 Å². The third-order valence-corrected chi connectivity index (χ3v) is 4.47. The molecule has 1 amide bonds. The Labute approximate surface area is 133 Å². The van der Waals surface area contributed by atoms with Gasteiger partial charge in [0.25, 0.3) is 0 Å². The van der Waals surface area contributed by atoms with E-state index in [4.69, 9.17) is 4.74 Å². The van der Waals surface area contributed by atoms with Crippen molar-refractivity contribution in [2.45, 2.75) is 38.3 Å². The van der Waals surface area contributed by atoms with Crippen molar-refractivity contribution in [3.63, 3.8) is 0 Å². The molecule has 1 atom stereocenters. The molecule has 1 saturated heterocycles. The van der Waals surface area contributed by atoms with Crippen LogP contribution >= 0.6 is 11.3 Å². The minimum absolute atomic E-state index is 0.0159. The normalized spacial score (nSPS) is 18.1. The lowest BCUT2D eigenvalue weighted by Crippen LogP contribution is -2.24. The van der Waals surface area contributed by atoms with E-state index in [-0.39, 0.29) is 12.0 Å². The molecule has 1 fully saturated rings. The molecule has 116 valence electrons. The number of thiophene rings is 1. The maximum atomic E-state index is 11.8. The van der Waals surface area contributed by atoms with Crippen LogP contribution in [0.4, 0.5) is 0 Å². The van der Waals surface area contributed by atoms with E-state index >= 15 is 0 Å². The number of carbonyl (C=O) groups excluding carboxylic acids is 1. The first-order valence-corrected chi connectivity index (χ1v) is 8.41. The number of hydrogen-bond donors (Lipinski definition) is 1. The Morgan fingerprint density at radius 3 is 2.91 bits per heavy atom. The Bertz CT molecular complexity index is 592. The molecular formula is C16H19N3O2S. The van der Waals surface area contributed by atoms with Crippen molar-refractivity contribution in [1.29, 1.82) is 0 Å². The topological polar surface area (TPSA) is 64.1 Å². The van der Waals surface area contributed by atoms with Crippen LogP contribution < -0.4 is 5.32 Å². The second kappa shape index (κ2) is 7.47. The van der Waals surface area contributed by atoms with Crippen molar-refractivity contribution in [2.24, 2.45) is 0 Å². The van der Waals surface area contributed by atoms with Crippen LogP contribution in [0.3, 0.4) is 0 Å². The van der Waals surface area contributed by atoms with E-state index in [0.29, 0.717) is 13.0 Å². The molecular weight excluding hydrogens is 298 g/mol. The predicted octanol–water partition coefficient (Wildman–Crippen LogP) is 2.64. The summed E-state index contributed by atoms with van der Waals surface area (Å²) in [6.07, 6.45) is 7.25. The fourth-order valence-electron chi connectivity index (χ4n) is 2.40. The van der Waals surface area contributed by atoms with Gasteiger partial charge in [-0.05, 0) is 30.7 Å². The lowest BCUT2D eigenvalue weighted by molar-refractivity contribution is -0.120. The fraction of sp³-hybridized carbons (Fsp3) is 0.438. The van der Waals surface area contributed by atoms with E-state index < -0.39 is 0 Å². The predicted molar refractivity (Wildman–Crippen MR) is 84.4 cm³/mol. The second-order valence-corrected chi connectivity index (χ2v) is 6.37. The summed E-state index contributed by atoms with van der Waals surface area (Å²) < 4.78 is 5.67.